The zero-order valence-electron chi connectivity index (χ0n) is 20.1. The van der Waals surface area contributed by atoms with Crippen molar-refractivity contribution in [3.63, 3.8) is 0 Å². The van der Waals surface area contributed by atoms with Crippen LogP contribution in [0.5, 0.6) is 0 Å². The van der Waals surface area contributed by atoms with Gasteiger partial charge in [0.15, 0.2) is 9.84 Å². The molecule has 0 radical (unpaired) electrons. The van der Waals surface area contributed by atoms with Crippen LogP contribution < -0.4 is 5.32 Å². The van der Waals surface area contributed by atoms with Crippen LogP contribution in [0.25, 0.3) is 11.3 Å². The fourth-order valence-electron chi connectivity index (χ4n) is 4.60. The van der Waals surface area contributed by atoms with Gasteiger partial charge in [-0.15, -0.1) is 0 Å². The molecule has 2 aromatic carbocycles. The fraction of sp³-hybridized carbons (Fsp3) is 0.346. The van der Waals surface area contributed by atoms with Gasteiger partial charge in [0.1, 0.15) is 0 Å². The number of nitrogens with one attached hydrogen (secondary N) is 1. The third kappa shape index (κ3) is 5.65. The summed E-state index contributed by atoms with van der Waals surface area (Å²) in [5.41, 5.74) is 0.722. The number of hydrogen-bond acceptors (Lipinski definition) is 4. The SMILES string of the molecule is Cc1c(C(=O)Nc2ccc(S(C)(=O)=O)cc2)cn(CCN2CCCC2)c1-c1ccccc1C(F)(F)F. The number of nitrogens with zero attached hydrogens (tertiary/aromatic N) is 2. The molecule has 0 saturated carbocycles. The van der Waals surface area contributed by atoms with Crippen molar-refractivity contribution in [3.05, 3.63) is 71.4 Å². The topological polar surface area (TPSA) is 71.4 Å². The summed E-state index contributed by atoms with van der Waals surface area (Å²) < 4.78 is 66.7. The van der Waals surface area contributed by atoms with Crippen LogP contribution in [0.1, 0.15) is 34.3 Å². The first-order valence-corrected chi connectivity index (χ1v) is 13.5. The Labute approximate surface area is 208 Å². The van der Waals surface area contributed by atoms with E-state index in [2.05, 4.69) is 10.2 Å². The normalized spacial score (nSPS) is 14.8. The summed E-state index contributed by atoms with van der Waals surface area (Å²) in [5.74, 6) is -0.481. The van der Waals surface area contributed by atoms with Gasteiger partial charge in [-0.1, -0.05) is 18.2 Å². The summed E-state index contributed by atoms with van der Waals surface area (Å²) in [4.78, 5) is 15.6. The van der Waals surface area contributed by atoms with Crippen molar-refractivity contribution in [3.8, 4) is 11.3 Å². The standard InChI is InChI=1S/C26H28F3N3O3S/c1-18-22(25(33)30-19-9-11-20(12-10-19)36(2,34)35)17-32(16-15-31-13-5-6-14-31)24(18)21-7-3-4-8-23(21)26(27,28)29/h3-4,7-12,17H,5-6,13-16H2,1-2H3,(H,30,33). The summed E-state index contributed by atoms with van der Waals surface area (Å²) in [5, 5.41) is 2.73. The first-order valence-electron chi connectivity index (χ1n) is 11.7. The monoisotopic (exact) mass is 519 g/mol. The van der Waals surface area contributed by atoms with Crippen LogP contribution in [-0.4, -0.2) is 49.7 Å². The van der Waals surface area contributed by atoms with E-state index in [9.17, 15) is 26.4 Å². The second-order valence-corrected chi connectivity index (χ2v) is 11.1. The van der Waals surface area contributed by atoms with Crippen LogP contribution in [0.2, 0.25) is 0 Å². The number of amides is 1. The number of aromatic nitrogens is 1. The molecule has 2 heterocycles. The van der Waals surface area contributed by atoms with Gasteiger partial charge in [-0.3, -0.25) is 4.79 Å². The Morgan fingerprint density at radius 3 is 2.25 bits per heavy atom. The van der Waals surface area contributed by atoms with Gasteiger partial charge >= 0.3 is 6.18 Å². The number of carbonyl (C=O) groups excluding carboxylic acids is 1. The van der Waals surface area contributed by atoms with Crippen LogP contribution in [0, 0.1) is 6.92 Å². The Bertz CT molecular complexity index is 1360. The number of alkyl halides is 3. The lowest BCUT2D eigenvalue weighted by Crippen LogP contribution is -2.24. The number of likely N-dealkylation sites (tertiary alicyclic amines) is 1. The summed E-state index contributed by atoms with van der Waals surface area (Å²) in [6, 6.07) is 11.1. The van der Waals surface area contributed by atoms with E-state index in [0.717, 1.165) is 38.3 Å². The minimum absolute atomic E-state index is 0.0282. The molecule has 192 valence electrons. The molecule has 0 unspecified atom stereocenters. The summed E-state index contributed by atoms with van der Waals surface area (Å²) in [6.07, 6.45) is 0.348. The molecule has 0 aliphatic carbocycles. The molecule has 1 aliphatic rings. The molecule has 0 spiro atoms. The third-order valence-corrected chi connectivity index (χ3v) is 7.59. The highest BCUT2D eigenvalue weighted by Gasteiger charge is 2.35. The zero-order chi connectivity index (χ0) is 26.1. The first-order chi connectivity index (χ1) is 16.9. The average Bonchev–Trinajstić information content (AvgIpc) is 3.44. The van der Waals surface area contributed by atoms with Gasteiger partial charge in [0.05, 0.1) is 21.7 Å². The second kappa shape index (κ2) is 10.1. The minimum Gasteiger partial charge on any atom is -0.345 e. The first kappa shape index (κ1) is 26.0. The number of halogens is 3. The molecular formula is C26H28F3N3O3S. The van der Waals surface area contributed by atoms with Crippen molar-refractivity contribution in [1.82, 2.24) is 9.47 Å². The van der Waals surface area contributed by atoms with Crippen molar-refractivity contribution >= 4 is 21.4 Å². The van der Waals surface area contributed by atoms with Crippen LogP contribution in [0.3, 0.4) is 0 Å². The Balaban J connectivity index is 1.70. The molecule has 6 nitrogen and oxygen atoms in total. The van der Waals surface area contributed by atoms with E-state index in [1.54, 1.807) is 23.8 Å². The molecule has 36 heavy (non-hydrogen) atoms. The number of sulfone groups is 1. The molecule has 1 aromatic heterocycles. The summed E-state index contributed by atoms with van der Waals surface area (Å²) >= 11 is 0. The van der Waals surface area contributed by atoms with Gasteiger partial charge < -0.3 is 14.8 Å². The maximum absolute atomic E-state index is 13.9. The van der Waals surface area contributed by atoms with Crippen molar-refractivity contribution in [2.75, 3.05) is 31.2 Å². The van der Waals surface area contributed by atoms with E-state index >= 15 is 0 Å². The van der Waals surface area contributed by atoms with Gasteiger partial charge in [-0.2, -0.15) is 13.2 Å². The van der Waals surface area contributed by atoms with Crippen molar-refractivity contribution in [2.45, 2.75) is 37.4 Å². The van der Waals surface area contributed by atoms with E-state index in [1.165, 1.54) is 36.4 Å². The predicted octanol–water partition coefficient (Wildman–Crippen LogP) is 5.23. The summed E-state index contributed by atoms with van der Waals surface area (Å²) in [7, 11) is -3.38. The molecule has 1 N–H and O–H groups in total. The maximum Gasteiger partial charge on any atom is 0.417 e. The van der Waals surface area contributed by atoms with Gasteiger partial charge in [-0.05, 0) is 68.8 Å². The Morgan fingerprint density at radius 1 is 1.00 bits per heavy atom. The highest BCUT2D eigenvalue weighted by atomic mass is 32.2. The molecule has 4 rings (SSSR count). The fourth-order valence-corrected chi connectivity index (χ4v) is 5.23. The average molecular weight is 520 g/mol. The van der Waals surface area contributed by atoms with Crippen molar-refractivity contribution in [1.29, 1.82) is 0 Å². The number of benzene rings is 2. The van der Waals surface area contributed by atoms with Crippen LogP contribution in [0.15, 0.2) is 59.6 Å². The number of hydrogen-bond donors (Lipinski definition) is 1. The lowest BCUT2D eigenvalue weighted by Gasteiger charge is -2.19. The number of carbonyl (C=O) groups is 1. The minimum atomic E-state index is -4.54. The molecule has 0 atom stereocenters. The second-order valence-electron chi connectivity index (χ2n) is 9.05. The van der Waals surface area contributed by atoms with Crippen LogP contribution in [-0.2, 0) is 22.6 Å². The lowest BCUT2D eigenvalue weighted by atomic mass is 10.00. The molecule has 0 bridgehead atoms. The predicted molar refractivity (Wildman–Crippen MR) is 133 cm³/mol. The number of rotatable bonds is 7. The lowest BCUT2D eigenvalue weighted by molar-refractivity contribution is -0.137. The van der Waals surface area contributed by atoms with Crippen molar-refractivity contribution in [2.24, 2.45) is 0 Å². The molecule has 3 aromatic rings. The largest absolute Gasteiger partial charge is 0.417 e. The van der Waals surface area contributed by atoms with E-state index in [1.807, 2.05) is 0 Å². The highest BCUT2D eigenvalue weighted by molar-refractivity contribution is 7.90. The number of anilines is 1. The van der Waals surface area contributed by atoms with E-state index < -0.39 is 27.5 Å². The quantitative estimate of drug-likeness (QED) is 0.464. The Morgan fingerprint density at radius 2 is 1.64 bits per heavy atom. The van der Waals surface area contributed by atoms with Crippen molar-refractivity contribution < 1.29 is 26.4 Å². The molecule has 10 heteroatoms. The van der Waals surface area contributed by atoms with Gasteiger partial charge in [-0.25, -0.2) is 8.42 Å². The van der Waals surface area contributed by atoms with E-state index in [4.69, 9.17) is 0 Å². The zero-order valence-corrected chi connectivity index (χ0v) is 20.9. The van der Waals surface area contributed by atoms with Gasteiger partial charge in [0.2, 0.25) is 0 Å². The van der Waals surface area contributed by atoms with Crippen LogP contribution >= 0.6 is 0 Å². The van der Waals surface area contributed by atoms with Gasteiger partial charge in [0, 0.05) is 36.8 Å². The smallest absolute Gasteiger partial charge is 0.345 e. The molecular weight excluding hydrogens is 491 g/mol. The van der Waals surface area contributed by atoms with Crippen LogP contribution in [0.4, 0.5) is 18.9 Å². The third-order valence-electron chi connectivity index (χ3n) is 6.46. The molecule has 1 amide bonds. The van der Waals surface area contributed by atoms with Gasteiger partial charge in [0.25, 0.3) is 5.91 Å². The van der Waals surface area contributed by atoms with E-state index in [-0.39, 0.29) is 16.0 Å². The Kier molecular flexibility index (Phi) is 7.28. The molecule has 1 fully saturated rings. The molecule has 1 aliphatic heterocycles. The molecule has 1 saturated heterocycles. The van der Waals surface area contributed by atoms with E-state index in [0.29, 0.717) is 30.0 Å². The maximum atomic E-state index is 13.9. The summed E-state index contributed by atoms with van der Waals surface area (Å²) in [6.45, 7) is 4.66. The Hall–Kier alpha value is -3.11. The highest BCUT2D eigenvalue weighted by Crippen LogP contribution is 2.39.